The second kappa shape index (κ2) is 8.34. The lowest BCUT2D eigenvalue weighted by Gasteiger charge is -2.01. The quantitative estimate of drug-likeness (QED) is 0.590. The van der Waals surface area contributed by atoms with Crippen molar-refractivity contribution in [3.8, 4) is 0 Å². The molecule has 0 spiro atoms. The lowest BCUT2D eigenvalue weighted by molar-refractivity contribution is -0.704. The van der Waals surface area contributed by atoms with Crippen LogP contribution in [0.4, 0.5) is 0 Å². The molecule has 2 heteroatoms. The predicted molar refractivity (Wildman–Crippen MR) is 77.7 cm³/mol. The van der Waals surface area contributed by atoms with Crippen LogP contribution in [0.15, 0.2) is 6.20 Å². The van der Waals surface area contributed by atoms with E-state index in [0.29, 0.717) is 0 Å². The monoisotopic (exact) mass is 251 g/mol. The normalized spacial score (nSPS) is 11.1. The summed E-state index contributed by atoms with van der Waals surface area (Å²) in [5.41, 5.74) is 1.51. The maximum absolute atomic E-state index is 2.50. The molecule has 18 heavy (non-hydrogen) atoms. The van der Waals surface area contributed by atoms with Crippen LogP contribution >= 0.6 is 0 Å². The van der Waals surface area contributed by atoms with E-state index in [1.165, 1.54) is 69.4 Å². The zero-order chi connectivity index (χ0) is 13.4. The van der Waals surface area contributed by atoms with Crippen molar-refractivity contribution in [2.24, 2.45) is 7.05 Å². The SMILES string of the molecule is CCCCc1c[n+](CCCC)c(CCCC)n1C. The minimum Gasteiger partial charge on any atom is -0.234 e. The Morgan fingerprint density at radius 2 is 1.56 bits per heavy atom. The molecule has 1 heterocycles. The van der Waals surface area contributed by atoms with Gasteiger partial charge in [-0.2, -0.15) is 0 Å². The smallest absolute Gasteiger partial charge is 0.234 e. The van der Waals surface area contributed by atoms with Crippen molar-refractivity contribution in [2.75, 3.05) is 0 Å². The van der Waals surface area contributed by atoms with Gasteiger partial charge in [0.1, 0.15) is 11.9 Å². The number of rotatable bonds is 9. The molecule has 0 aliphatic carbocycles. The van der Waals surface area contributed by atoms with Gasteiger partial charge in [0.2, 0.25) is 0 Å². The van der Waals surface area contributed by atoms with E-state index in [0.717, 1.165) is 0 Å². The van der Waals surface area contributed by atoms with E-state index in [1.54, 1.807) is 0 Å². The van der Waals surface area contributed by atoms with E-state index >= 15 is 0 Å². The molecule has 0 radical (unpaired) electrons. The second-order valence-electron chi connectivity index (χ2n) is 5.35. The van der Waals surface area contributed by atoms with E-state index < -0.39 is 0 Å². The van der Waals surface area contributed by atoms with Gasteiger partial charge in [0.15, 0.2) is 0 Å². The van der Waals surface area contributed by atoms with Crippen LogP contribution < -0.4 is 4.57 Å². The molecule has 2 nitrogen and oxygen atoms in total. The molecule has 0 saturated heterocycles. The van der Waals surface area contributed by atoms with Gasteiger partial charge in [-0.1, -0.05) is 40.0 Å². The molecule has 1 rings (SSSR count). The van der Waals surface area contributed by atoms with Gasteiger partial charge >= 0.3 is 0 Å². The van der Waals surface area contributed by atoms with E-state index in [1.807, 2.05) is 0 Å². The van der Waals surface area contributed by atoms with Gasteiger partial charge in [-0.05, 0) is 19.3 Å². The average molecular weight is 251 g/mol. The third-order valence-corrected chi connectivity index (χ3v) is 3.75. The molecule has 0 fully saturated rings. The van der Waals surface area contributed by atoms with Crippen molar-refractivity contribution in [1.82, 2.24) is 4.57 Å². The molecule has 0 unspecified atom stereocenters. The van der Waals surface area contributed by atoms with Crippen molar-refractivity contribution in [2.45, 2.75) is 78.7 Å². The van der Waals surface area contributed by atoms with E-state index in [2.05, 4.69) is 43.1 Å². The standard InChI is InChI=1S/C16H31N2/c1-5-8-11-15-14-18(13-10-7-3)16(17(15)4)12-9-6-2/h14H,5-13H2,1-4H3/q+1. The first kappa shape index (κ1) is 15.3. The number of aromatic nitrogens is 2. The van der Waals surface area contributed by atoms with Crippen LogP contribution in [0.2, 0.25) is 0 Å². The summed E-state index contributed by atoms with van der Waals surface area (Å²) in [6.07, 6.45) is 12.6. The van der Waals surface area contributed by atoms with E-state index in [9.17, 15) is 0 Å². The predicted octanol–water partition coefficient (Wildman–Crippen LogP) is 3.80. The summed E-state index contributed by atoms with van der Waals surface area (Å²) < 4.78 is 4.95. The molecular formula is C16H31N2+. The molecular weight excluding hydrogens is 220 g/mol. The molecule has 0 aliphatic rings. The summed E-state index contributed by atoms with van der Waals surface area (Å²) in [6.45, 7) is 8.01. The molecule has 0 aliphatic heterocycles. The lowest BCUT2D eigenvalue weighted by atomic mass is 10.2. The molecule has 0 bridgehead atoms. The second-order valence-corrected chi connectivity index (χ2v) is 5.35. The molecule has 1 aromatic rings. The van der Waals surface area contributed by atoms with Gasteiger partial charge in [0.25, 0.3) is 5.82 Å². The Labute approximate surface area is 113 Å². The first-order chi connectivity index (χ1) is 8.74. The number of nitrogens with zero attached hydrogens (tertiary/aromatic N) is 2. The van der Waals surface area contributed by atoms with Gasteiger partial charge in [0.05, 0.1) is 13.6 Å². The number of imidazole rings is 1. The molecule has 1 aromatic heterocycles. The third-order valence-electron chi connectivity index (χ3n) is 3.75. The highest BCUT2D eigenvalue weighted by atomic mass is 15.1. The summed E-state index contributed by atoms with van der Waals surface area (Å²) in [5, 5.41) is 0. The zero-order valence-corrected chi connectivity index (χ0v) is 12.8. The largest absolute Gasteiger partial charge is 0.256 e. The fraction of sp³-hybridized carbons (Fsp3) is 0.812. The van der Waals surface area contributed by atoms with Gasteiger partial charge in [0, 0.05) is 12.8 Å². The highest BCUT2D eigenvalue weighted by molar-refractivity contribution is 4.99. The van der Waals surface area contributed by atoms with Crippen molar-refractivity contribution in [1.29, 1.82) is 0 Å². The number of hydrogen-bond donors (Lipinski definition) is 0. The third kappa shape index (κ3) is 4.15. The van der Waals surface area contributed by atoms with Crippen LogP contribution in [0, 0.1) is 0 Å². The van der Waals surface area contributed by atoms with Crippen LogP contribution in [0.5, 0.6) is 0 Å². The summed E-state index contributed by atoms with van der Waals surface area (Å²) in [7, 11) is 2.25. The van der Waals surface area contributed by atoms with Crippen LogP contribution in [0.1, 0.15) is 70.8 Å². The van der Waals surface area contributed by atoms with Crippen LogP contribution in [-0.2, 0) is 26.4 Å². The van der Waals surface area contributed by atoms with Crippen molar-refractivity contribution < 1.29 is 4.57 Å². The Morgan fingerprint density at radius 1 is 0.944 bits per heavy atom. The fourth-order valence-electron chi connectivity index (χ4n) is 2.46. The van der Waals surface area contributed by atoms with Gasteiger partial charge < -0.3 is 0 Å². The first-order valence-corrected chi connectivity index (χ1v) is 7.81. The van der Waals surface area contributed by atoms with Crippen molar-refractivity contribution in [3.63, 3.8) is 0 Å². The van der Waals surface area contributed by atoms with Crippen molar-refractivity contribution >= 4 is 0 Å². The average Bonchev–Trinajstić information content (AvgIpc) is 2.68. The number of hydrogen-bond acceptors (Lipinski definition) is 0. The highest BCUT2D eigenvalue weighted by Crippen LogP contribution is 2.09. The first-order valence-electron chi connectivity index (χ1n) is 7.81. The molecule has 104 valence electrons. The maximum Gasteiger partial charge on any atom is 0.256 e. The maximum atomic E-state index is 2.50. The Balaban J connectivity index is 2.83. The van der Waals surface area contributed by atoms with E-state index in [-0.39, 0.29) is 0 Å². The molecule has 0 aromatic carbocycles. The van der Waals surface area contributed by atoms with Crippen LogP contribution in [0.3, 0.4) is 0 Å². The highest BCUT2D eigenvalue weighted by Gasteiger charge is 2.19. The van der Waals surface area contributed by atoms with E-state index in [4.69, 9.17) is 0 Å². The topological polar surface area (TPSA) is 8.81 Å². The van der Waals surface area contributed by atoms with Gasteiger partial charge in [-0.25, -0.2) is 9.13 Å². The minimum absolute atomic E-state index is 1.19. The zero-order valence-electron chi connectivity index (χ0n) is 12.8. The molecule has 0 saturated carbocycles. The Kier molecular flexibility index (Phi) is 7.07. The Bertz CT molecular complexity index is 339. The lowest BCUT2D eigenvalue weighted by Crippen LogP contribution is -2.37. The summed E-state index contributed by atoms with van der Waals surface area (Å²) >= 11 is 0. The fourth-order valence-corrected chi connectivity index (χ4v) is 2.46. The summed E-state index contributed by atoms with van der Waals surface area (Å²) in [4.78, 5) is 0. The Morgan fingerprint density at radius 3 is 2.17 bits per heavy atom. The Hall–Kier alpha value is -0.790. The summed E-state index contributed by atoms with van der Waals surface area (Å²) in [6, 6.07) is 0. The molecule has 0 atom stereocenters. The summed E-state index contributed by atoms with van der Waals surface area (Å²) in [5.74, 6) is 1.52. The number of aryl methyl sites for hydroxylation is 2. The number of unbranched alkanes of at least 4 members (excludes halogenated alkanes) is 3. The molecule has 0 amide bonds. The van der Waals surface area contributed by atoms with Crippen LogP contribution in [0.25, 0.3) is 0 Å². The van der Waals surface area contributed by atoms with Gasteiger partial charge in [-0.3, -0.25) is 0 Å². The molecule has 0 N–H and O–H groups in total. The minimum atomic E-state index is 1.19. The van der Waals surface area contributed by atoms with Gasteiger partial charge in [-0.15, -0.1) is 0 Å². The van der Waals surface area contributed by atoms with Crippen LogP contribution in [-0.4, -0.2) is 4.57 Å². The van der Waals surface area contributed by atoms with Crippen molar-refractivity contribution in [3.05, 3.63) is 17.7 Å².